The minimum atomic E-state index is -3.10. The standard InChI is InChI=1S/3C11H17O2P.Fe/c3*1-3-14(12,13)9-8-11-6-4-10(2)5-7-11;/h3*4-7H,3,8-9H2,1-2H3,(H,12,13);/q;;;+3/p-3. The summed E-state index contributed by atoms with van der Waals surface area (Å²) in [4.78, 5) is 33.8. The van der Waals surface area contributed by atoms with E-state index in [1.807, 2.05) is 93.6 Å². The van der Waals surface area contributed by atoms with Gasteiger partial charge in [-0.3, -0.25) is 0 Å². The van der Waals surface area contributed by atoms with E-state index in [4.69, 9.17) is 0 Å². The molecule has 3 rings (SSSR count). The molecule has 0 bridgehead atoms. The van der Waals surface area contributed by atoms with Crippen molar-refractivity contribution in [2.24, 2.45) is 0 Å². The summed E-state index contributed by atoms with van der Waals surface area (Å²) in [6.07, 6.45) is 3.54. The molecule has 0 amide bonds. The first kappa shape index (κ1) is 41.7. The van der Waals surface area contributed by atoms with Crippen molar-refractivity contribution in [3.63, 3.8) is 0 Å². The van der Waals surface area contributed by atoms with Crippen molar-refractivity contribution in [3.8, 4) is 0 Å². The molecule has 3 aromatic carbocycles. The smallest absolute Gasteiger partial charge is 0.799 e. The molecular formula is C33H48FeO6P3. The third-order valence-electron chi connectivity index (χ3n) is 7.03. The van der Waals surface area contributed by atoms with Gasteiger partial charge in [0.05, 0.1) is 0 Å². The van der Waals surface area contributed by atoms with Crippen molar-refractivity contribution < 1.29 is 45.4 Å². The maximum atomic E-state index is 11.3. The van der Waals surface area contributed by atoms with E-state index in [9.17, 15) is 28.4 Å². The summed E-state index contributed by atoms with van der Waals surface area (Å²) < 4.78 is 33.8. The van der Waals surface area contributed by atoms with Crippen molar-refractivity contribution in [3.05, 3.63) is 106 Å². The molecule has 0 aliphatic heterocycles. The Balaban J connectivity index is 0.000000608. The van der Waals surface area contributed by atoms with E-state index in [1.54, 1.807) is 20.8 Å². The molecule has 0 heterocycles. The van der Waals surface area contributed by atoms with Crippen LogP contribution in [0.25, 0.3) is 0 Å². The zero-order chi connectivity index (χ0) is 31.8. The molecule has 43 heavy (non-hydrogen) atoms. The number of hydrogen-bond donors (Lipinski definition) is 0. The van der Waals surface area contributed by atoms with Gasteiger partial charge in [-0.05, 0) is 93.7 Å². The largest absolute Gasteiger partial charge is 3.00 e. The topological polar surface area (TPSA) is 120 Å². The molecule has 0 aliphatic rings. The van der Waals surface area contributed by atoms with Crippen LogP contribution < -0.4 is 14.7 Å². The molecule has 6 nitrogen and oxygen atoms in total. The van der Waals surface area contributed by atoms with Crippen LogP contribution in [0.5, 0.6) is 0 Å². The van der Waals surface area contributed by atoms with Gasteiger partial charge in [-0.15, -0.1) is 0 Å². The van der Waals surface area contributed by atoms with Crippen LogP contribution in [-0.2, 0) is 50.0 Å². The summed E-state index contributed by atoms with van der Waals surface area (Å²) in [6.45, 7) is 11.2. The third-order valence-corrected chi connectivity index (χ3v) is 12.6. The van der Waals surface area contributed by atoms with Crippen LogP contribution in [0, 0.1) is 20.8 Å². The maximum Gasteiger partial charge on any atom is 3.00 e. The number of aryl methyl sites for hydroxylation is 6. The normalized spacial score (nSPS) is 14.7. The van der Waals surface area contributed by atoms with Gasteiger partial charge in [0, 0.05) is 22.1 Å². The van der Waals surface area contributed by atoms with E-state index >= 15 is 0 Å². The Bertz CT molecular complexity index is 1160. The summed E-state index contributed by atoms with van der Waals surface area (Å²) in [6, 6.07) is 24.0. The van der Waals surface area contributed by atoms with E-state index in [1.165, 1.54) is 16.7 Å². The minimum Gasteiger partial charge on any atom is -0.799 e. The van der Waals surface area contributed by atoms with Gasteiger partial charge < -0.3 is 28.4 Å². The molecule has 239 valence electrons. The van der Waals surface area contributed by atoms with E-state index in [0.717, 1.165) is 16.7 Å². The van der Waals surface area contributed by atoms with Crippen LogP contribution in [0.2, 0.25) is 0 Å². The average molecular weight is 690 g/mol. The van der Waals surface area contributed by atoms with Crippen LogP contribution >= 0.6 is 22.1 Å². The molecule has 0 fully saturated rings. The van der Waals surface area contributed by atoms with Gasteiger partial charge in [0.15, 0.2) is 0 Å². The number of hydrogen-bond acceptors (Lipinski definition) is 6. The summed E-state index contributed by atoms with van der Waals surface area (Å²) in [5, 5.41) is 0. The van der Waals surface area contributed by atoms with Crippen molar-refractivity contribution in [1.29, 1.82) is 0 Å². The predicted molar refractivity (Wildman–Crippen MR) is 174 cm³/mol. The molecule has 3 unspecified atom stereocenters. The maximum absolute atomic E-state index is 11.3. The van der Waals surface area contributed by atoms with Gasteiger partial charge in [-0.2, -0.15) is 0 Å². The van der Waals surface area contributed by atoms with E-state index in [2.05, 4.69) is 0 Å². The van der Waals surface area contributed by atoms with Gasteiger partial charge in [0.1, 0.15) is 0 Å². The molecule has 3 aromatic rings. The molecule has 0 spiro atoms. The molecule has 0 N–H and O–H groups in total. The third kappa shape index (κ3) is 19.7. The summed E-state index contributed by atoms with van der Waals surface area (Å²) in [5.41, 5.74) is 6.90. The Labute approximate surface area is 270 Å². The van der Waals surface area contributed by atoms with Gasteiger partial charge in [-0.1, -0.05) is 110 Å². The fourth-order valence-corrected chi connectivity index (χ4v) is 6.38. The molecule has 10 heteroatoms. The Hall–Kier alpha value is -1.25. The average Bonchev–Trinajstić information content (AvgIpc) is 2.97. The Morgan fingerprint density at radius 3 is 0.791 bits per heavy atom. The molecule has 0 aromatic heterocycles. The number of rotatable bonds is 12. The Morgan fingerprint density at radius 1 is 0.442 bits per heavy atom. The number of benzene rings is 3. The van der Waals surface area contributed by atoms with Crippen molar-refractivity contribution >= 4 is 22.1 Å². The molecule has 0 saturated heterocycles. The molecular weight excluding hydrogens is 641 g/mol. The van der Waals surface area contributed by atoms with Gasteiger partial charge in [0.25, 0.3) is 0 Å². The molecule has 3 atom stereocenters. The van der Waals surface area contributed by atoms with Crippen molar-refractivity contribution in [1.82, 2.24) is 0 Å². The molecule has 0 saturated carbocycles. The second kappa shape index (κ2) is 20.7. The van der Waals surface area contributed by atoms with E-state index in [-0.39, 0.29) is 54.0 Å². The Kier molecular flexibility index (Phi) is 20.1. The van der Waals surface area contributed by atoms with Crippen LogP contribution in [0.3, 0.4) is 0 Å². The van der Waals surface area contributed by atoms with Crippen LogP contribution in [0.4, 0.5) is 0 Å². The fraction of sp³-hybridized carbons (Fsp3) is 0.455. The molecule has 0 aliphatic carbocycles. The second-order valence-corrected chi connectivity index (χ2v) is 18.9. The summed E-state index contributed by atoms with van der Waals surface area (Å²) in [7, 11) is -9.30. The van der Waals surface area contributed by atoms with Crippen LogP contribution in [0.15, 0.2) is 72.8 Å². The fourth-order valence-electron chi connectivity index (χ4n) is 3.64. The van der Waals surface area contributed by atoms with E-state index in [0.29, 0.717) is 19.3 Å². The first-order valence-electron chi connectivity index (χ1n) is 14.6. The predicted octanol–water partition coefficient (Wildman–Crippen LogP) is 6.58. The van der Waals surface area contributed by atoms with Crippen molar-refractivity contribution in [2.45, 2.75) is 60.8 Å². The minimum absolute atomic E-state index is 0. The second-order valence-electron chi connectivity index (χ2n) is 10.8. The quantitative estimate of drug-likeness (QED) is 0.157. The SMILES string of the molecule is CCP(=O)([O-])CCc1ccc(C)cc1.CCP(=O)([O-])CCc1ccc(C)cc1.CCP(=O)([O-])CCc1ccc(C)cc1.[Fe+3]. The molecule has 1 radical (unpaired) electrons. The van der Waals surface area contributed by atoms with Gasteiger partial charge in [0.2, 0.25) is 0 Å². The van der Waals surface area contributed by atoms with Gasteiger partial charge in [-0.25, -0.2) is 0 Å². The summed E-state index contributed by atoms with van der Waals surface area (Å²) in [5.74, 6) is 0. The summed E-state index contributed by atoms with van der Waals surface area (Å²) >= 11 is 0. The Morgan fingerprint density at radius 2 is 0.628 bits per heavy atom. The monoisotopic (exact) mass is 689 g/mol. The van der Waals surface area contributed by atoms with E-state index < -0.39 is 22.1 Å². The first-order valence-corrected chi connectivity index (χ1v) is 20.6. The zero-order valence-corrected chi connectivity index (χ0v) is 30.2. The zero-order valence-electron chi connectivity index (χ0n) is 26.4. The van der Waals surface area contributed by atoms with Gasteiger partial charge >= 0.3 is 17.1 Å². The first-order chi connectivity index (χ1) is 19.6. The van der Waals surface area contributed by atoms with Crippen molar-refractivity contribution in [2.75, 3.05) is 37.0 Å². The van der Waals surface area contributed by atoms with Crippen LogP contribution in [0.1, 0.15) is 54.2 Å². The van der Waals surface area contributed by atoms with Crippen LogP contribution in [-0.4, -0.2) is 37.0 Å².